The van der Waals surface area contributed by atoms with E-state index in [2.05, 4.69) is 113 Å². The number of nitrogens with zero attached hydrogens (tertiary/aromatic N) is 7. The lowest BCUT2D eigenvalue weighted by Crippen LogP contribution is -2.04. The first-order valence-electron chi connectivity index (χ1n) is 19.2. The lowest BCUT2D eigenvalue weighted by Gasteiger charge is -2.16. The van der Waals surface area contributed by atoms with E-state index in [0.29, 0.717) is 34.9 Å². The molecule has 0 N–H and O–H groups in total. The zero-order valence-corrected chi connectivity index (χ0v) is 32.4. The van der Waals surface area contributed by atoms with Crippen molar-refractivity contribution in [2.45, 2.75) is 13.8 Å². The molecule has 7 nitrogen and oxygen atoms in total. The van der Waals surface area contributed by atoms with Crippen molar-refractivity contribution in [2.75, 3.05) is 0 Å². The smallest absolute Gasteiger partial charge is 0.166 e. The third-order valence-corrected chi connectivity index (χ3v) is 11.8. The van der Waals surface area contributed by atoms with Crippen LogP contribution in [-0.4, -0.2) is 34.5 Å². The summed E-state index contributed by atoms with van der Waals surface area (Å²) >= 11 is 1.83. The van der Waals surface area contributed by atoms with E-state index >= 15 is 0 Å². The summed E-state index contributed by atoms with van der Waals surface area (Å²) in [7, 11) is 0. The number of aryl methyl sites for hydroxylation is 2. The molecule has 4 heterocycles. The molecule has 0 radical (unpaired) electrons. The standard InChI is InChI=1S/C50H33N7S/c1-30-51-31(2)53-49(52-30)36-22-25-43-39(29-36)37-17-9-11-19-42(37)57(43)44-24-21-34(35-23-26-46-40(27-35)38-18-10-12-20-45(38)58-46)28-41(44)50-55-47(32-13-5-3-6-14-32)54-48(56-50)33-15-7-4-8-16-33/h3-29H,1-2H3. The number of aromatic nitrogens is 7. The summed E-state index contributed by atoms with van der Waals surface area (Å²) in [6.45, 7) is 3.81. The molecule has 7 aromatic carbocycles. The zero-order chi connectivity index (χ0) is 38.7. The first kappa shape index (κ1) is 33.9. The quantitative estimate of drug-likeness (QED) is 0.168. The van der Waals surface area contributed by atoms with Gasteiger partial charge in [0, 0.05) is 53.2 Å². The van der Waals surface area contributed by atoms with Crippen molar-refractivity contribution in [3.05, 3.63) is 175 Å². The predicted molar refractivity (Wildman–Crippen MR) is 237 cm³/mol. The fraction of sp³-hybridized carbons (Fsp3) is 0.0400. The molecule has 11 aromatic rings. The Hall–Kier alpha value is -7.42. The Labute approximate surface area is 338 Å². The van der Waals surface area contributed by atoms with Crippen molar-refractivity contribution < 1.29 is 0 Å². The second kappa shape index (κ2) is 13.7. The molecule has 0 fully saturated rings. The molecule has 0 amide bonds. The highest BCUT2D eigenvalue weighted by atomic mass is 32.1. The average Bonchev–Trinajstić information content (AvgIpc) is 3.81. The molecule has 0 aliphatic rings. The van der Waals surface area contributed by atoms with Gasteiger partial charge in [0.25, 0.3) is 0 Å². The number of hydrogen-bond acceptors (Lipinski definition) is 7. The minimum atomic E-state index is 0.588. The van der Waals surface area contributed by atoms with Crippen LogP contribution in [0, 0.1) is 13.8 Å². The van der Waals surface area contributed by atoms with E-state index in [1.807, 2.05) is 85.8 Å². The molecular weight excluding hydrogens is 731 g/mol. The summed E-state index contributed by atoms with van der Waals surface area (Å²) < 4.78 is 4.89. The van der Waals surface area contributed by atoms with Gasteiger partial charge in [0.05, 0.1) is 16.7 Å². The summed E-state index contributed by atoms with van der Waals surface area (Å²) in [5, 5.41) is 4.74. The lowest BCUT2D eigenvalue weighted by atomic mass is 9.99. The van der Waals surface area contributed by atoms with Gasteiger partial charge in [-0.15, -0.1) is 11.3 Å². The number of hydrogen-bond donors (Lipinski definition) is 0. The monoisotopic (exact) mass is 763 g/mol. The van der Waals surface area contributed by atoms with Gasteiger partial charge in [0.1, 0.15) is 11.6 Å². The molecule has 0 bridgehead atoms. The normalized spacial score (nSPS) is 11.6. The Bertz CT molecular complexity index is 3290. The molecular formula is C50H33N7S. The third-order valence-electron chi connectivity index (χ3n) is 10.7. The van der Waals surface area contributed by atoms with Crippen LogP contribution in [0.15, 0.2) is 164 Å². The highest BCUT2D eigenvalue weighted by Gasteiger charge is 2.21. The van der Waals surface area contributed by atoms with Gasteiger partial charge in [-0.25, -0.2) is 29.9 Å². The molecule has 4 aromatic heterocycles. The summed E-state index contributed by atoms with van der Waals surface area (Å²) in [5.74, 6) is 3.87. The van der Waals surface area contributed by atoms with Crippen molar-refractivity contribution in [3.8, 4) is 62.4 Å². The number of para-hydroxylation sites is 1. The zero-order valence-electron chi connectivity index (χ0n) is 31.6. The maximum absolute atomic E-state index is 5.26. The molecule has 0 aliphatic heterocycles. The molecule has 274 valence electrons. The molecule has 0 spiro atoms. The van der Waals surface area contributed by atoms with Gasteiger partial charge >= 0.3 is 0 Å². The van der Waals surface area contributed by atoms with E-state index in [4.69, 9.17) is 24.9 Å². The Kier molecular flexibility index (Phi) is 7.97. The van der Waals surface area contributed by atoms with Gasteiger partial charge in [-0.2, -0.15) is 0 Å². The largest absolute Gasteiger partial charge is 0.309 e. The number of fused-ring (bicyclic) bond motifs is 6. The van der Waals surface area contributed by atoms with Crippen LogP contribution < -0.4 is 0 Å². The van der Waals surface area contributed by atoms with Crippen molar-refractivity contribution >= 4 is 53.3 Å². The molecule has 0 saturated heterocycles. The minimum Gasteiger partial charge on any atom is -0.309 e. The highest BCUT2D eigenvalue weighted by molar-refractivity contribution is 7.25. The van der Waals surface area contributed by atoms with Crippen LogP contribution in [0.5, 0.6) is 0 Å². The molecule has 58 heavy (non-hydrogen) atoms. The Morgan fingerprint density at radius 2 is 0.897 bits per heavy atom. The fourth-order valence-electron chi connectivity index (χ4n) is 8.04. The van der Waals surface area contributed by atoms with Crippen LogP contribution >= 0.6 is 11.3 Å². The second-order valence-corrected chi connectivity index (χ2v) is 15.5. The van der Waals surface area contributed by atoms with E-state index in [9.17, 15) is 0 Å². The van der Waals surface area contributed by atoms with Crippen LogP contribution in [0.1, 0.15) is 11.6 Å². The van der Waals surface area contributed by atoms with Gasteiger partial charge in [-0.1, -0.05) is 109 Å². The topological polar surface area (TPSA) is 82.3 Å². The first-order valence-corrected chi connectivity index (χ1v) is 20.0. The highest BCUT2D eigenvalue weighted by Crippen LogP contribution is 2.41. The summed E-state index contributed by atoms with van der Waals surface area (Å²) in [4.78, 5) is 29.4. The van der Waals surface area contributed by atoms with Crippen LogP contribution in [0.25, 0.3) is 104 Å². The van der Waals surface area contributed by atoms with Gasteiger partial charge in [0.2, 0.25) is 0 Å². The second-order valence-electron chi connectivity index (χ2n) is 14.4. The van der Waals surface area contributed by atoms with Gasteiger partial charge in [-0.05, 0) is 79.6 Å². The molecule has 0 aliphatic carbocycles. The van der Waals surface area contributed by atoms with E-state index in [1.54, 1.807) is 0 Å². The van der Waals surface area contributed by atoms with Gasteiger partial charge in [0.15, 0.2) is 23.3 Å². The van der Waals surface area contributed by atoms with Crippen LogP contribution in [-0.2, 0) is 0 Å². The number of thiophene rings is 1. The molecule has 0 unspecified atom stereocenters. The SMILES string of the molecule is Cc1nc(C)nc(-c2ccc3c(c2)c2ccccc2n3-c2ccc(-c3ccc4sc5ccccc5c4c3)cc2-c2nc(-c3ccccc3)nc(-c3ccccc3)n2)n1. The Balaban J connectivity index is 1.19. The van der Waals surface area contributed by atoms with Crippen LogP contribution in [0.3, 0.4) is 0 Å². The molecule has 11 rings (SSSR count). The van der Waals surface area contributed by atoms with Crippen molar-refractivity contribution in [3.63, 3.8) is 0 Å². The Morgan fingerprint density at radius 3 is 1.64 bits per heavy atom. The third kappa shape index (κ3) is 5.81. The van der Waals surface area contributed by atoms with Gasteiger partial charge in [-0.3, -0.25) is 0 Å². The number of benzene rings is 7. The lowest BCUT2D eigenvalue weighted by molar-refractivity contribution is 0.929. The van der Waals surface area contributed by atoms with E-state index in [0.717, 1.165) is 60.9 Å². The maximum atomic E-state index is 5.26. The van der Waals surface area contributed by atoms with Crippen molar-refractivity contribution in [1.29, 1.82) is 0 Å². The van der Waals surface area contributed by atoms with Gasteiger partial charge < -0.3 is 4.57 Å². The minimum absolute atomic E-state index is 0.588. The molecule has 8 heteroatoms. The van der Waals surface area contributed by atoms with E-state index < -0.39 is 0 Å². The summed E-state index contributed by atoms with van der Waals surface area (Å²) in [6.07, 6.45) is 0. The van der Waals surface area contributed by atoms with Crippen LogP contribution in [0.2, 0.25) is 0 Å². The van der Waals surface area contributed by atoms with E-state index in [-0.39, 0.29) is 0 Å². The fourth-order valence-corrected chi connectivity index (χ4v) is 9.13. The molecule has 0 saturated carbocycles. The van der Waals surface area contributed by atoms with Crippen LogP contribution in [0.4, 0.5) is 0 Å². The predicted octanol–water partition coefficient (Wildman–Crippen LogP) is 12.5. The first-order chi connectivity index (χ1) is 28.5. The Morgan fingerprint density at radius 1 is 0.362 bits per heavy atom. The average molecular weight is 764 g/mol. The molecule has 0 atom stereocenters. The summed E-state index contributed by atoms with van der Waals surface area (Å²) in [5.41, 5.74) is 8.94. The maximum Gasteiger partial charge on any atom is 0.166 e. The number of rotatable bonds is 6. The van der Waals surface area contributed by atoms with Crippen molar-refractivity contribution in [2.24, 2.45) is 0 Å². The summed E-state index contributed by atoms with van der Waals surface area (Å²) in [6, 6.07) is 57.4. The van der Waals surface area contributed by atoms with E-state index in [1.165, 1.54) is 20.2 Å². The van der Waals surface area contributed by atoms with Crippen molar-refractivity contribution in [1.82, 2.24) is 34.5 Å².